The molecule has 14 heavy (non-hydrogen) atoms. The minimum atomic E-state index is -4.68. The molecule has 0 aliphatic carbocycles. The Kier molecular flexibility index (Phi) is 4.34. The van der Waals surface area contributed by atoms with Crippen LogP contribution in [0.2, 0.25) is 0 Å². The van der Waals surface area contributed by atoms with Crippen LogP contribution in [0.4, 0.5) is 17.6 Å². The van der Waals surface area contributed by atoms with Gasteiger partial charge >= 0.3 is 12.3 Å². The van der Waals surface area contributed by atoms with Crippen molar-refractivity contribution in [3.63, 3.8) is 0 Å². The van der Waals surface area contributed by atoms with Gasteiger partial charge in [0.25, 0.3) is 5.91 Å². The van der Waals surface area contributed by atoms with Gasteiger partial charge in [0.2, 0.25) is 0 Å². The Hall–Kier alpha value is -1.32. The minimum Gasteiger partial charge on any atom is -0.339 e. The van der Waals surface area contributed by atoms with Crippen LogP contribution in [0.25, 0.3) is 0 Å². The number of carbonyl (C=O) groups is 1. The molecule has 3 nitrogen and oxygen atoms in total. The van der Waals surface area contributed by atoms with Crippen LogP contribution in [-0.4, -0.2) is 36.7 Å². The second-order valence-electron chi connectivity index (χ2n) is 2.56. The number of carbonyl (C=O) groups excluding carboxylic acids is 1. The standard InChI is InChI=1S/C7H8F4N2O/c1-13(4-2-3-12)6(14)7(10,11)5(8)9/h5H,2,4H2,1H3. The minimum absolute atomic E-state index is 0.179. The molecular formula is C7H8F4N2O. The average molecular weight is 212 g/mol. The van der Waals surface area contributed by atoms with Crippen molar-refractivity contribution in [3.05, 3.63) is 0 Å². The molecule has 0 aliphatic heterocycles. The van der Waals surface area contributed by atoms with Gasteiger partial charge in [-0.25, -0.2) is 8.78 Å². The van der Waals surface area contributed by atoms with Crippen LogP contribution in [0, 0.1) is 11.3 Å². The molecule has 0 fully saturated rings. The van der Waals surface area contributed by atoms with Crippen molar-refractivity contribution in [3.8, 4) is 6.07 Å². The van der Waals surface area contributed by atoms with Gasteiger partial charge in [-0.1, -0.05) is 0 Å². The third-order valence-corrected chi connectivity index (χ3v) is 1.46. The van der Waals surface area contributed by atoms with E-state index < -0.39 is 18.3 Å². The van der Waals surface area contributed by atoms with Crippen LogP contribution in [-0.2, 0) is 4.79 Å². The van der Waals surface area contributed by atoms with E-state index in [-0.39, 0.29) is 13.0 Å². The molecular weight excluding hydrogens is 204 g/mol. The Morgan fingerprint density at radius 3 is 2.43 bits per heavy atom. The molecule has 0 aliphatic rings. The summed E-state index contributed by atoms with van der Waals surface area (Å²) >= 11 is 0. The summed E-state index contributed by atoms with van der Waals surface area (Å²) in [6.45, 7) is -0.294. The molecule has 0 saturated heterocycles. The number of rotatable bonds is 4. The predicted molar refractivity (Wildman–Crippen MR) is 38.8 cm³/mol. The summed E-state index contributed by atoms with van der Waals surface area (Å²) in [7, 11) is 0.940. The molecule has 0 aromatic rings. The molecule has 7 heteroatoms. The molecule has 0 N–H and O–H groups in total. The van der Waals surface area contributed by atoms with Gasteiger partial charge in [-0.05, 0) is 0 Å². The molecule has 0 bridgehead atoms. The summed E-state index contributed by atoms with van der Waals surface area (Å²) in [5, 5.41) is 8.09. The van der Waals surface area contributed by atoms with E-state index in [1.807, 2.05) is 0 Å². The van der Waals surface area contributed by atoms with Crippen molar-refractivity contribution in [1.29, 1.82) is 5.26 Å². The maximum absolute atomic E-state index is 12.4. The van der Waals surface area contributed by atoms with E-state index in [4.69, 9.17) is 5.26 Å². The second-order valence-corrected chi connectivity index (χ2v) is 2.56. The summed E-state index contributed by atoms with van der Waals surface area (Å²) in [5.74, 6) is -6.65. The zero-order valence-corrected chi connectivity index (χ0v) is 7.31. The fraction of sp³-hybridized carbons (Fsp3) is 0.714. The summed E-state index contributed by atoms with van der Waals surface area (Å²) < 4.78 is 48.2. The zero-order chi connectivity index (χ0) is 11.4. The van der Waals surface area contributed by atoms with Crippen LogP contribution in [0.15, 0.2) is 0 Å². The summed E-state index contributed by atoms with van der Waals surface area (Å²) in [6.07, 6.45) is -4.21. The first-order valence-electron chi connectivity index (χ1n) is 3.62. The maximum atomic E-state index is 12.4. The van der Waals surface area contributed by atoms with E-state index in [1.54, 1.807) is 6.07 Å². The van der Waals surface area contributed by atoms with E-state index in [2.05, 4.69) is 0 Å². The Bertz CT molecular complexity index is 249. The zero-order valence-electron chi connectivity index (χ0n) is 7.31. The normalized spacial score (nSPS) is 11.2. The highest BCUT2D eigenvalue weighted by molar-refractivity contribution is 5.83. The first-order valence-corrected chi connectivity index (χ1v) is 3.62. The molecule has 0 unspecified atom stereocenters. The lowest BCUT2D eigenvalue weighted by Crippen LogP contribution is -2.46. The molecule has 1 amide bonds. The van der Waals surface area contributed by atoms with Crippen LogP contribution < -0.4 is 0 Å². The monoisotopic (exact) mass is 212 g/mol. The molecule has 0 saturated carbocycles. The lowest BCUT2D eigenvalue weighted by Gasteiger charge is -2.21. The Morgan fingerprint density at radius 2 is 2.07 bits per heavy atom. The van der Waals surface area contributed by atoms with Crippen molar-refractivity contribution < 1.29 is 22.4 Å². The van der Waals surface area contributed by atoms with Gasteiger partial charge in [-0.2, -0.15) is 14.0 Å². The van der Waals surface area contributed by atoms with E-state index >= 15 is 0 Å². The Morgan fingerprint density at radius 1 is 1.57 bits per heavy atom. The van der Waals surface area contributed by atoms with Gasteiger partial charge in [0, 0.05) is 13.6 Å². The number of nitriles is 1. The molecule has 80 valence electrons. The lowest BCUT2D eigenvalue weighted by atomic mass is 10.3. The average Bonchev–Trinajstić information content (AvgIpc) is 2.12. The molecule has 0 aromatic heterocycles. The van der Waals surface area contributed by atoms with E-state index in [0.29, 0.717) is 4.90 Å². The lowest BCUT2D eigenvalue weighted by molar-refractivity contribution is -0.179. The van der Waals surface area contributed by atoms with Crippen molar-refractivity contribution >= 4 is 5.91 Å². The first kappa shape index (κ1) is 12.7. The van der Waals surface area contributed by atoms with Crippen molar-refractivity contribution in [2.45, 2.75) is 18.8 Å². The van der Waals surface area contributed by atoms with Gasteiger partial charge < -0.3 is 4.90 Å². The van der Waals surface area contributed by atoms with Gasteiger partial charge in [0.1, 0.15) is 0 Å². The number of alkyl halides is 4. The molecule has 0 rings (SSSR count). The summed E-state index contributed by atoms with van der Waals surface area (Å²) in [4.78, 5) is 11.1. The van der Waals surface area contributed by atoms with Crippen molar-refractivity contribution in [2.24, 2.45) is 0 Å². The molecule has 0 radical (unpaired) electrons. The number of hydrogen-bond donors (Lipinski definition) is 0. The fourth-order valence-corrected chi connectivity index (χ4v) is 0.667. The molecule has 0 atom stereocenters. The topological polar surface area (TPSA) is 44.1 Å². The van der Waals surface area contributed by atoms with Gasteiger partial charge in [-0.3, -0.25) is 4.79 Å². The summed E-state index contributed by atoms with van der Waals surface area (Å²) in [5.41, 5.74) is 0. The van der Waals surface area contributed by atoms with E-state index in [1.165, 1.54) is 0 Å². The number of nitrogens with zero attached hydrogens (tertiary/aromatic N) is 2. The Balaban J connectivity index is 4.39. The van der Waals surface area contributed by atoms with Crippen LogP contribution in [0.1, 0.15) is 6.42 Å². The van der Waals surface area contributed by atoms with Crippen LogP contribution >= 0.6 is 0 Å². The Labute approximate surface area is 77.9 Å². The largest absolute Gasteiger partial charge is 0.383 e. The van der Waals surface area contributed by atoms with Gasteiger partial charge in [0.05, 0.1) is 12.5 Å². The maximum Gasteiger partial charge on any atom is 0.383 e. The highest BCUT2D eigenvalue weighted by Crippen LogP contribution is 2.24. The first-order chi connectivity index (χ1) is 6.34. The predicted octanol–water partition coefficient (Wildman–Crippen LogP) is 1.26. The molecule has 0 aromatic carbocycles. The number of hydrogen-bond acceptors (Lipinski definition) is 2. The molecule has 0 heterocycles. The van der Waals surface area contributed by atoms with E-state index in [0.717, 1.165) is 7.05 Å². The van der Waals surface area contributed by atoms with Crippen molar-refractivity contribution in [2.75, 3.05) is 13.6 Å². The van der Waals surface area contributed by atoms with Crippen LogP contribution in [0.3, 0.4) is 0 Å². The van der Waals surface area contributed by atoms with Gasteiger partial charge in [0.15, 0.2) is 0 Å². The fourth-order valence-electron chi connectivity index (χ4n) is 0.667. The van der Waals surface area contributed by atoms with Crippen LogP contribution in [0.5, 0.6) is 0 Å². The highest BCUT2D eigenvalue weighted by atomic mass is 19.3. The van der Waals surface area contributed by atoms with Gasteiger partial charge in [-0.15, -0.1) is 0 Å². The smallest absolute Gasteiger partial charge is 0.339 e. The second kappa shape index (κ2) is 4.79. The third kappa shape index (κ3) is 2.87. The summed E-state index contributed by atoms with van der Waals surface area (Å²) in [6, 6.07) is 1.61. The highest BCUT2D eigenvalue weighted by Gasteiger charge is 2.50. The number of halogens is 4. The van der Waals surface area contributed by atoms with E-state index in [9.17, 15) is 22.4 Å². The third-order valence-electron chi connectivity index (χ3n) is 1.46. The number of amides is 1. The quantitative estimate of drug-likeness (QED) is 0.658. The van der Waals surface area contributed by atoms with Crippen molar-refractivity contribution in [1.82, 2.24) is 4.90 Å². The SMILES string of the molecule is CN(CCC#N)C(=O)C(F)(F)C(F)F. The molecule has 0 spiro atoms.